The van der Waals surface area contributed by atoms with Crippen LogP contribution in [0.2, 0.25) is 0 Å². The molecule has 0 radical (unpaired) electrons. The van der Waals surface area contributed by atoms with E-state index in [1.807, 2.05) is 24.3 Å². The van der Waals surface area contributed by atoms with Crippen LogP contribution in [-0.4, -0.2) is 54.3 Å². The highest BCUT2D eigenvalue weighted by Gasteiger charge is 2.20. The van der Waals surface area contributed by atoms with Crippen LogP contribution >= 0.6 is 0 Å². The molecule has 1 aliphatic rings. The first-order chi connectivity index (χ1) is 10.1. The van der Waals surface area contributed by atoms with Gasteiger partial charge in [-0.25, -0.2) is 0 Å². The van der Waals surface area contributed by atoms with Gasteiger partial charge in [0, 0.05) is 45.3 Å². The number of piperazine rings is 1. The molecular formula is C15H22N4O2. The van der Waals surface area contributed by atoms with Crippen molar-refractivity contribution in [2.45, 2.75) is 13.5 Å². The highest BCUT2D eigenvalue weighted by Crippen LogP contribution is 2.10. The summed E-state index contributed by atoms with van der Waals surface area (Å²) in [7, 11) is 0. The standard InChI is InChI=1S/C15H22N4O2/c1-12(20)19-7-5-18(6-8-19)11-15(21)17-14-4-2-3-13(9-14)10-16/h2-4,9H,5-8,10-11,16H2,1H3,(H,17,21). The van der Waals surface area contributed by atoms with Gasteiger partial charge in [0.1, 0.15) is 0 Å². The summed E-state index contributed by atoms with van der Waals surface area (Å²) in [6.45, 7) is 5.21. The summed E-state index contributed by atoms with van der Waals surface area (Å²) in [5, 5.41) is 2.88. The van der Waals surface area contributed by atoms with E-state index in [0.717, 1.165) is 24.3 Å². The average Bonchev–Trinajstić information content (AvgIpc) is 2.47. The molecule has 0 saturated carbocycles. The Kier molecular flexibility index (Phi) is 5.30. The second-order valence-electron chi connectivity index (χ2n) is 5.23. The van der Waals surface area contributed by atoms with Crippen LogP contribution in [0.25, 0.3) is 0 Å². The Balaban J connectivity index is 1.81. The number of hydrogen-bond acceptors (Lipinski definition) is 4. The van der Waals surface area contributed by atoms with E-state index in [1.54, 1.807) is 11.8 Å². The van der Waals surface area contributed by atoms with Gasteiger partial charge in [-0.05, 0) is 17.7 Å². The molecule has 21 heavy (non-hydrogen) atoms. The molecule has 3 N–H and O–H groups in total. The van der Waals surface area contributed by atoms with E-state index in [9.17, 15) is 9.59 Å². The fourth-order valence-corrected chi connectivity index (χ4v) is 2.40. The Hall–Kier alpha value is -1.92. The molecule has 0 aromatic heterocycles. The van der Waals surface area contributed by atoms with Crippen LogP contribution in [0.1, 0.15) is 12.5 Å². The maximum absolute atomic E-state index is 12.0. The smallest absolute Gasteiger partial charge is 0.238 e. The van der Waals surface area contributed by atoms with E-state index >= 15 is 0 Å². The molecule has 1 aromatic carbocycles. The highest BCUT2D eigenvalue weighted by atomic mass is 16.2. The van der Waals surface area contributed by atoms with E-state index in [0.29, 0.717) is 26.2 Å². The van der Waals surface area contributed by atoms with Gasteiger partial charge in [-0.2, -0.15) is 0 Å². The van der Waals surface area contributed by atoms with Gasteiger partial charge >= 0.3 is 0 Å². The third kappa shape index (κ3) is 4.54. The van der Waals surface area contributed by atoms with Crippen molar-refractivity contribution in [1.82, 2.24) is 9.80 Å². The molecule has 2 rings (SSSR count). The van der Waals surface area contributed by atoms with Crippen molar-refractivity contribution in [3.8, 4) is 0 Å². The predicted octanol–water partition coefficient (Wildman–Crippen LogP) is 0.248. The van der Waals surface area contributed by atoms with E-state index in [4.69, 9.17) is 5.73 Å². The maximum atomic E-state index is 12.0. The number of nitrogens with zero attached hydrogens (tertiary/aromatic N) is 2. The molecule has 114 valence electrons. The Bertz CT molecular complexity index is 510. The molecule has 1 aliphatic heterocycles. The van der Waals surface area contributed by atoms with Crippen molar-refractivity contribution in [1.29, 1.82) is 0 Å². The minimum Gasteiger partial charge on any atom is -0.340 e. The molecule has 2 amide bonds. The molecule has 0 bridgehead atoms. The average molecular weight is 290 g/mol. The van der Waals surface area contributed by atoms with Crippen LogP contribution in [-0.2, 0) is 16.1 Å². The molecule has 0 aliphatic carbocycles. The van der Waals surface area contributed by atoms with Crippen LogP contribution in [0.3, 0.4) is 0 Å². The second-order valence-corrected chi connectivity index (χ2v) is 5.23. The van der Waals surface area contributed by atoms with Gasteiger partial charge in [-0.1, -0.05) is 12.1 Å². The molecule has 1 saturated heterocycles. The zero-order chi connectivity index (χ0) is 15.2. The molecule has 6 heteroatoms. The van der Waals surface area contributed by atoms with Crippen LogP contribution in [0.15, 0.2) is 24.3 Å². The van der Waals surface area contributed by atoms with Crippen molar-refractivity contribution in [3.63, 3.8) is 0 Å². The minimum atomic E-state index is -0.0413. The molecule has 0 atom stereocenters. The Morgan fingerprint density at radius 2 is 1.95 bits per heavy atom. The predicted molar refractivity (Wildman–Crippen MR) is 81.7 cm³/mol. The van der Waals surface area contributed by atoms with Crippen molar-refractivity contribution in [3.05, 3.63) is 29.8 Å². The molecule has 0 unspecified atom stereocenters. The topological polar surface area (TPSA) is 78.7 Å². The van der Waals surface area contributed by atoms with Gasteiger partial charge < -0.3 is 16.0 Å². The zero-order valence-electron chi connectivity index (χ0n) is 12.3. The first-order valence-corrected chi connectivity index (χ1v) is 7.15. The van der Waals surface area contributed by atoms with Gasteiger partial charge in [-0.3, -0.25) is 14.5 Å². The summed E-state index contributed by atoms with van der Waals surface area (Å²) in [6, 6.07) is 7.54. The number of nitrogens with one attached hydrogen (secondary N) is 1. The number of hydrogen-bond donors (Lipinski definition) is 2. The molecule has 1 fully saturated rings. The number of benzene rings is 1. The lowest BCUT2D eigenvalue weighted by Crippen LogP contribution is -2.49. The van der Waals surface area contributed by atoms with Crippen molar-refractivity contribution >= 4 is 17.5 Å². The SMILES string of the molecule is CC(=O)N1CCN(CC(=O)Nc2cccc(CN)c2)CC1. The number of rotatable bonds is 4. The fraction of sp³-hybridized carbons (Fsp3) is 0.467. The third-order valence-electron chi connectivity index (χ3n) is 3.63. The maximum Gasteiger partial charge on any atom is 0.238 e. The summed E-state index contributed by atoms with van der Waals surface area (Å²) in [5.74, 6) is 0.0538. The van der Waals surface area contributed by atoms with Crippen molar-refractivity contribution < 1.29 is 9.59 Å². The highest BCUT2D eigenvalue weighted by molar-refractivity contribution is 5.92. The number of carbonyl (C=O) groups excluding carboxylic acids is 2. The number of amides is 2. The minimum absolute atomic E-state index is 0.0413. The monoisotopic (exact) mass is 290 g/mol. The van der Waals surface area contributed by atoms with Gasteiger partial charge in [0.05, 0.1) is 6.54 Å². The lowest BCUT2D eigenvalue weighted by molar-refractivity contribution is -0.130. The fourth-order valence-electron chi connectivity index (χ4n) is 2.40. The van der Waals surface area contributed by atoms with Crippen LogP contribution < -0.4 is 11.1 Å². The van der Waals surface area contributed by atoms with Gasteiger partial charge in [0.25, 0.3) is 0 Å². The molecule has 6 nitrogen and oxygen atoms in total. The van der Waals surface area contributed by atoms with E-state index < -0.39 is 0 Å². The van der Waals surface area contributed by atoms with E-state index in [1.165, 1.54) is 0 Å². The van der Waals surface area contributed by atoms with Crippen LogP contribution in [0.4, 0.5) is 5.69 Å². The molecule has 0 spiro atoms. The Morgan fingerprint density at radius 3 is 2.57 bits per heavy atom. The molecule has 1 aromatic rings. The van der Waals surface area contributed by atoms with Crippen molar-refractivity contribution in [2.75, 3.05) is 38.0 Å². The van der Waals surface area contributed by atoms with Gasteiger partial charge in [0.2, 0.25) is 11.8 Å². The van der Waals surface area contributed by atoms with Gasteiger partial charge in [0.15, 0.2) is 0 Å². The third-order valence-corrected chi connectivity index (χ3v) is 3.63. The summed E-state index contributed by atoms with van der Waals surface area (Å²) < 4.78 is 0. The number of carbonyl (C=O) groups is 2. The van der Waals surface area contributed by atoms with Crippen LogP contribution in [0.5, 0.6) is 0 Å². The summed E-state index contributed by atoms with van der Waals surface area (Å²) in [4.78, 5) is 27.1. The number of nitrogens with two attached hydrogens (primary N) is 1. The lowest BCUT2D eigenvalue weighted by atomic mass is 10.2. The molecular weight excluding hydrogens is 268 g/mol. The second kappa shape index (κ2) is 7.19. The number of anilines is 1. The van der Waals surface area contributed by atoms with Crippen molar-refractivity contribution in [2.24, 2.45) is 5.73 Å². The normalized spacial score (nSPS) is 15.8. The van der Waals surface area contributed by atoms with E-state index in [-0.39, 0.29) is 11.8 Å². The quantitative estimate of drug-likeness (QED) is 0.833. The Morgan fingerprint density at radius 1 is 1.24 bits per heavy atom. The lowest BCUT2D eigenvalue weighted by Gasteiger charge is -2.33. The first kappa shape index (κ1) is 15.5. The summed E-state index contributed by atoms with van der Waals surface area (Å²) in [6.07, 6.45) is 0. The zero-order valence-corrected chi connectivity index (χ0v) is 12.3. The summed E-state index contributed by atoms with van der Waals surface area (Å²) in [5.41, 5.74) is 7.34. The molecule has 1 heterocycles. The van der Waals surface area contributed by atoms with E-state index in [2.05, 4.69) is 10.2 Å². The largest absolute Gasteiger partial charge is 0.340 e. The first-order valence-electron chi connectivity index (χ1n) is 7.15. The van der Waals surface area contributed by atoms with Crippen LogP contribution in [0, 0.1) is 0 Å². The summed E-state index contributed by atoms with van der Waals surface area (Å²) >= 11 is 0. The Labute approximate surface area is 124 Å². The van der Waals surface area contributed by atoms with Gasteiger partial charge in [-0.15, -0.1) is 0 Å².